The highest BCUT2D eigenvalue weighted by Gasteiger charge is 2.45. The second-order valence-corrected chi connectivity index (χ2v) is 9.70. The number of fused-ring (bicyclic) bond motifs is 3. The molecule has 4 rings (SSSR count). The number of benzene rings is 1. The number of ether oxygens (including phenoxy) is 1. The van der Waals surface area contributed by atoms with Crippen LogP contribution in [0.15, 0.2) is 10.5 Å². The van der Waals surface area contributed by atoms with Crippen molar-refractivity contribution in [1.82, 2.24) is 14.9 Å². The minimum absolute atomic E-state index is 0.0384. The number of carbonyl (C=O) groups excluding carboxylic acids is 1. The summed E-state index contributed by atoms with van der Waals surface area (Å²) < 4.78 is 35.0. The van der Waals surface area contributed by atoms with E-state index in [1.807, 2.05) is 38.7 Å². The van der Waals surface area contributed by atoms with Crippen LogP contribution < -0.4 is 4.90 Å². The molecule has 1 aromatic heterocycles. The number of hydrogen-bond donors (Lipinski definition) is 0. The molecule has 30 heavy (non-hydrogen) atoms. The molecule has 2 aliphatic heterocycles. The van der Waals surface area contributed by atoms with Gasteiger partial charge in [0.1, 0.15) is 16.9 Å². The van der Waals surface area contributed by atoms with Crippen molar-refractivity contribution in [3.8, 4) is 0 Å². The molecule has 2 aromatic rings. The van der Waals surface area contributed by atoms with Crippen molar-refractivity contribution >= 4 is 38.7 Å². The molecular weight excluding hydrogens is 458 g/mol. The topological polar surface area (TPSA) is 58.6 Å². The summed E-state index contributed by atoms with van der Waals surface area (Å²) in [6.07, 6.45) is 1.01. The summed E-state index contributed by atoms with van der Waals surface area (Å²) in [6, 6.07) is 1.70. The van der Waals surface area contributed by atoms with Crippen molar-refractivity contribution in [3.63, 3.8) is 0 Å². The van der Waals surface area contributed by atoms with Crippen molar-refractivity contribution in [2.24, 2.45) is 0 Å². The summed E-state index contributed by atoms with van der Waals surface area (Å²) in [5, 5.41) is 0.485. The van der Waals surface area contributed by atoms with Crippen LogP contribution in [0.5, 0.6) is 0 Å². The molecular formula is C21H25BrF2N4O2. The Bertz CT molecular complexity index is 997. The fourth-order valence-corrected chi connectivity index (χ4v) is 4.98. The zero-order valence-corrected chi connectivity index (χ0v) is 19.1. The average molecular weight is 483 g/mol. The second-order valence-electron chi connectivity index (χ2n) is 8.91. The van der Waals surface area contributed by atoms with Crippen molar-refractivity contribution < 1.29 is 18.3 Å². The lowest BCUT2D eigenvalue weighted by Gasteiger charge is -2.42. The van der Waals surface area contributed by atoms with E-state index in [0.717, 1.165) is 18.4 Å². The number of aryl methyl sites for hydroxylation is 1. The van der Waals surface area contributed by atoms with Gasteiger partial charge in [-0.25, -0.2) is 9.18 Å². The summed E-state index contributed by atoms with van der Waals surface area (Å²) in [6.45, 7) is 8.43. The zero-order valence-electron chi connectivity index (χ0n) is 17.5. The van der Waals surface area contributed by atoms with Gasteiger partial charge < -0.3 is 9.64 Å². The van der Waals surface area contributed by atoms with Crippen molar-refractivity contribution in [1.29, 1.82) is 0 Å². The van der Waals surface area contributed by atoms with E-state index in [9.17, 15) is 13.6 Å². The number of aromatic nitrogens is 2. The van der Waals surface area contributed by atoms with E-state index in [2.05, 4.69) is 25.9 Å². The van der Waals surface area contributed by atoms with Gasteiger partial charge in [0.15, 0.2) is 5.82 Å². The molecule has 2 bridgehead atoms. The van der Waals surface area contributed by atoms with E-state index in [1.54, 1.807) is 4.90 Å². The number of halogens is 3. The molecule has 6 nitrogen and oxygen atoms in total. The van der Waals surface area contributed by atoms with Crippen LogP contribution in [0.4, 0.5) is 19.4 Å². The molecule has 1 aromatic carbocycles. The molecule has 2 aliphatic rings. The molecule has 0 radical (unpaired) electrons. The van der Waals surface area contributed by atoms with Crippen LogP contribution in [0, 0.1) is 11.9 Å². The monoisotopic (exact) mass is 482 g/mol. The van der Waals surface area contributed by atoms with Crippen LogP contribution in [0.3, 0.4) is 0 Å². The van der Waals surface area contributed by atoms with E-state index in [4.69, 9.17) is 4.74 Å². The quantitative estimate of drug-likeness (QED) is 0.574. The minimum atomic E-state index is -0.963. The van der Waals surface area contributed by atoms with E-state index >= 15 is 0 Å². The Labute approximate surface area is 182 Å². The number of nitrogens with zero attached hydrogens (tertiary/aromatic N) is 4. The van der Waals surface area contributed by atoms with Gasteiger partial charge in [-0.15, -0.1) is 0 Å². The maximum absolute atomic E-state index is 14.9. The van der Waals surface area contributed by atoms with Crippen LogP contribution in [0.2, 0.25) is 0 Å². The number of carbonyl (C=O) groups is 1. The number of piperazine rings is 1. The average Bonchev–Trinajstić information content (AvgIpc) is 2.93. The lowest BCUT2D eigenvalue weighted by atomic mass is 10.1. The predicted molar refractivity (Wildman–Crippen MR) is 114 cm³/mol. The molecule has 1 amide bonds. The number of hydrogen-bond acceptors (Lipinski definition) is 5. The number of anilines is 1. The number of amides is 1. The third-order valence-electron chi connectivity index (χ3n) is 5.67. The fraction of sp³-hybridized carbons (Fsp3) is 0.571. The van der Waals surface area contributed by atoms with E-state index < -0.39 is 17.5 Å². The minimum Gasteiger partial charge on any atom is -0.444 e. The van der Waals surface area contributed by atoms with Gasteiger partial charge in [-0.1, -0.05) is 6.92 Å². The maximum atomic E-state index is 14.9. The smallest absolute Gasteiger partial charge is 0.410 e. The SMILES string of the molecule is CCc1cc2c(N3CC4CCC(C3)N4C(=O)OC(C)(C)C)nc(F)nc2c(F)c1Br. The van der Waals surface area contributed by atoms with Crippen LogP contribution in [-0.2, 0) is 11.2 Å². The van der Waals surface area contributed by atoms with Crippen LogP contribution >= 0.6 is 15.9 Å². The summed E-state index contributed by atoms with van der Waals surface area (Å²) in [4.78, 5) is 24.2. The molecule has 0 N–H and O–H groups in total. The van der Waals surface area contributed by atoms with Gasteiger partial charge in [0.2, 0.25) is 0 Å². The van der Waals surface area contributed by atoms with Crippen molar-refractivity contribution in [2.75, 3.05) is 18.0 Å². The van der Waals surface area contributed by atoms with E-state index in [0.29, 0.717) is 35.2 Å². The van der Waals surface area contributed by atoms with Gasteiger partial charge in [-0.05, 0) is 67.6 Å². The Morgan fingerprint density at radius 1 is 1.23 bits per heavy atom. The Balaban J connectivity index is 1.70. The lowest BCUT2D eigenvalue weighted by molar-refractivity contribution is 0.0123. The Morgan fingerprint density at radius 3 is 2.43 bits per heavy atom. The summed E-state index contributed by atoms with van der Waals surface area (Å²) in [7, 11) is 0. The molecule has 162 valence electrons. The highest BCUT2D eigenvalue weighted by Crippen LogP contribution is 2.37. The first-order valence-corrected chi connectivity index (χ1v) is 11.0. The first kappa shape index (κ1) is 21.2. The largest absolute Gasteiger partial charge is 0.444 e. The molecule has 2 atom stereocenters. The van der Waals surface area contributed by atoms with E-state index in [1.165, 1.54) is 0 Å². The highest BCUT2D eigenvalue weighted by molar-refractivity contribution is 9.10. The van der Waals surface area contributed by atoms with Gasteiger partial charge in [0.25, 0.3) is 0 Å². The highest BCUT2D eigenvalue weighted by atomic mass is 79.9. The van der Waals surface area contributed by atoms with Gasteiger partial charge in [-0.2, -0.15) is 14.4 Å². The molecule has 3 heterocycles. The molecule has 0 saturated carbocycles. The van der Waals surface area contributed by atoms with Crippen molar-refractivity contribution in [2.45, 2.75) is 64.6 Å². The third kappa shape index (κ3) is 3.72. The first-order valence-electron chi connectivity index (χ1n) is 10.2. The second kappa shape index (κ2) is 7.59. The first-order chi connectivity index (χ1) is 14.1. The lowest BCUT2D eigenvalue weighted by Crippen LogP contribution is -2.57. The van der Waals surface area contributed by atoms with Crippen LogP contribution in [0.25, 0.3) is 10.9 Å². The molecule has 2 saturated heterocycles. The van der Waals surface area contributed by atoms with Crippen LogP contribution in [0.1, 0.15) is 46.1 Å². The summed E-state index contributed by atoms with van der Waals surface area (Å²) >= 11 is 3.25. The molecule has 2 unspecified atom stereocenters. The van der Waals surface area contributed by atoms with E-state index in [-0.39, 0.29) is 23.7 Å². The molecule has 9 heteroatoms. The molecule has 0 aliphatic carbocycles. The van der Waals surface area contributed by atoms with Gasteiger partial charge in [0.05, 0.1) is 16.6 Å². The Morgan fingerprint density at radius 2 is 1.87 bits per heavy atom. The Kier molecular flexibility index (Phi) is 5.36. The summed E-state index contributed by atoms with van der Waals surface area (Å²) in [5.74, 6) is -0.207. The predicted octanol–water partition coefficient (Wildman–Crippen LogP) is 4.82. The van der Waals surface area contributed by atoms with Crippen LogP contribution in [-0.4, -0.2) is 51.7 Å². The van der Waals surface area contributed by atoms with Gasteiger partial charge >= 0.3 is 12.2 Å². The molecule has 2 fully saturated rings. The standard InChI is InChI=1S/C21H25BrF2N4O2/c1-5-11-8-14-17(16(23)15(11)22)25-19(24)26-18(14)27-9-12-6-7-13(10-27)28(12)20(29)30-21(2,3)4/h8,12-13H,5-7,9-10H2,1-4H3. The fourth-order valence-electron chi connectivity index (χ4n) is 4.40. The summed E-state index contributed by atoms with van der Waals surface area (Å²) in [5.41, 5.74) is 0.163. The van der Waals surface area contributed by atoms with Gasteiger partial charge in [-0.3, -0.25) is 4.90 Å². The molecule has 0 spiro atoms. The zero-order chi connectivity index (χ0) is 21.8. The Hall–Kier alpha value is -2.03. The van der Waals surface area contributed by atoms with Gasteiger partial charge in [0, 0.05) is 18.5 Å². The van der Waals surface area contributed by atoms with Crippen molar-refractivity contribution in [3.05, 3.63) is 28.0 Å². The maximum Gasteiger partial charge on any atom is 0.410 e. The third-order valence-corrected chi connectivity index (χ3v) is 6.52. The number of rotatable bonds is 2. The normalized spacial score (nSPS) is 21.4.